The van der Waals surface area contributed by atoms with Crippen LogP contribution in [0.5, 0.6) is 5.75 Å². The Bertz CT molecular complexity index is 902. The van der Waals surface area contributed by atoms with E-state index in [0.29, 0.717) is 11.4 Å². The molecule has 8 heteroatoms. The summed E-state index contributed by atoms with van der Waals surface area (Å²) in [6.07, 6.45) is -0.0926. The molecule has 28 heavy (non-hydrogen) atoms. The summed E-state index contributed by atoms with van der Waals surface area (Å²) in [7, 11) is 1.51. The van der Waals surface area contributed by atoms with Crippen LogP contribution >= 0.6 is 0 Å². The summed E-state index contributed by atoms with van der Waals surface area (Å²) in [6, 6.07) is 12.6. The highest BCUT2D eigenvalue weighted by atomic mass is 19.1. The van der Waals surface area contributed by atoms with E-state index in [1.165, 1.54) is 30.2 Å². The van der Waals surface area contributed by atoms with Crippen LogP contribution in [0.15, 0.2) is 48.5 Å². The number of hydrogen-bond donors (Lipinski definition) is 1. The number of esters is 1. The highest BCUT2D eigenvalue weighted by molar-refractivity contribution is 6.00. The van der Waals surface area contributed by atoms with Crippen LogP contribution < -0.4 is 15.0 Å². The Kier molecular flexibility index (Phi) is 5.88. The number of rotatable bonds is 6. The third kappa shape index (κ3) is 4.46. The van der Waals surface area contributed by atoms with E-state index in [9.17, 15) is 18.8 Å². The smallest absolute Gasteiger partial charge is 0.311 e. The Morgan fingerprint density at radius 1 is 1.21 bits per heavy atom. The first kappa shape index (κ1) is 19.3. The first-order valence-corrected chi connectivity index (χ1v) is 8.63. The number of ether oxygens (including phenoxy) is 2. The summed E-state index contributed by atoms with van der Waals surface area (Å²) >= 11 is 0. The molecule has 1 aliphatic heterocycles. The lowest BCUT2D eigenvalue weighted by molar-refractivity contribution is -0.151. The summed E-state index contributed by atoms with van der Waals surface area (Å²) in [4.78, 5) is 37.5. The second kappa shape index (κ2) is 8.51. The molecule has 0 aromatic heterocycles. The first-order chi connectivity index (χ1) is 13.5. The van der Waals surface area contributed by atoms with Gasteiger partial charge >= 0.3 is 5.97 Å². The normalized spacial score (nSPS) is 16.0. The van der Waals surface area contributed by atoms with Gasteiger partial charge in [0.15, 0.2) is 6.61 Å². The molecule has 1 heterocycles. The minimum absolute atomic E-state index is 0.0100. The molecule has 0 spiro atoms. The minimum Gasteiger partial charge on any atom is -0.497 e. The van der Waals surface area contributed by atoms with E-state index >= 15 is 0 Å². The number of carbonyl (C=O) groups is 3. The van der Waals surface area contributed by atoms with E-state index in [1.54, 1.807) is 30.3 Å². The van der Waals surface area contributed by atoms with Crippen LogP contribution in [-0.2, 0) is 19.1 Å². The van der Waals surface area contributed by atoms with Gasteiger partial charge in [0, 0.05) is 24.7 Å². The summed E-state index contributed by atoms with van der Waals surface area (Å²) in [6.45, 7) is -0.476. The van der Waals surface area contributed by atoms with E-state index in [4.69, 9.17) is 9.47 Å². The highest BCUT2D eigenvalue weighted by Gasteiger charge is 2.37. The molecule has 146 valence electrons. The van der Waals surface area contributed by atoms with Crippen LogP contribution in [0.25, 0.3) is 0 Å². The lowest BCUT2D eigenvalue weighted by Crippen LogP contribution is -2.28. The van der Waals surface area contributed by atoms with Gasteiger partial charge in [0.1, 0.15) is 11.6 Å². The topological polar surface area (TPSA) is 84.9 Å². The van der Waals surface area contributed by atoms with E-state index in [2.05, 4.69) is 5.32 Å². The van der Waals surface area contributed by atoms with Crippen molar-refractivity contribution >= 4 is 29.2 Å². The van der Waals surface area contributed by atoms with Crippen LogP contribution in [0.2, 0.25) is 0 Å². The fourth-order valence-electron chi connectivity index (χ4n) is 2.92. The molecule has 2 aromatic rings. The second-order valence-electron chi connectivity index (χ2n) is 6.24. The fraction of sp³-hybridized carbons (Fsp3) is 0.250. The van der Waals surface area contributed by atoms with Crippen LogP contribution in [0.4, 0.5) is 15.8 Å². The van der Waals surface area contributed by atoms with Crippen molar-refractivity contribution in [1.29, 1.82) is 0 Å². The number of methoxy groups -OCH3 is 1. The molecular weight excluding hydrogens is 367 g/mol. The molecule has 1 aliphatic rings. The van der Waals surface area contributed by atoms with Crippen molar-refractivity contribution in [1.82, 2.24) is 0 Å². The molecule has 0 unspecified atom stereocenters. The van der Waals surface area contributed by atoms with Crippen LogP contribution in [0.3, 0.4) is 0 Å². The number of para-hydroxylation sites is 1. The third-order valence-electron chi connectivity index (χ3n) is 4.30. The predicted molar refractivity (Wildman–Crippen MR) is 99.4 cm³/mol. The number of hydrogen-bond acceptors (Lipinski definition) is 5. The average molecular weight is 386 g/mol. The Hall–Kier alpha value is -3.42. The van der Waals surface area contributed by atoms with Gasteiger partial charge in [-0.05, 0) is 24.3 Å². The molecule has 0 aliphatic carbocycles. The van der Waals surface area contributed by atoms with E-state index < -0.39 is 30.2 Å². The van der Waals surface area contributed by atoms with Crippen LogP contribution in [-0.4, -0.2) is 38.0 Å². The standard InChI is InChI=1S/C20H19FN2O5/c1-27-15-6-4-5-14(10-15)22-18(24)12-28-20(26)13-9-19(25)23(11-13)17-8-3-2-7-16(17)21/h2-8,10,13H,9,11-12H2,1H3,(H,22,24)/t13-/m1/s1. The number of carbonyl (C=O) groups excluding carboxylic acids is 3. The van der Waals surface area contributed by atoms with Crippen molar-refractivity contribution in [3.05, 3.63) is 54.3 Å². The van der Waals surface area contributed by atoms with E-state index in [1.807, 2.05) is 0 Å². The lowest BCUT2D eigenvalue weighted by Gasteiger charge is -2.17. The number of benzene rings is 2. The van der Waals surface area contributed by atoms with Crippen molar-refractivity contribution in [2.45, 2.75) is 6.42 Å². The van der Waals surface area contributed by atoms with Crippen LogP contribution in [0.1, 0.15) is 6.42 Å². The summed E-state index contributed by atoms with van der Waals surface area (Å²) < 4.78 is 24.0. The number of amides is 2. The molecule has 2 amide bonds. The Balaban J connectivity index is 1.53. The van der Waals surface area contributed by atoms with E-state index in [-0.39, 0.29) is 24.6 Å². The van der Waals surface area contributed by atoms with Gasteiger partial charge in [0.2, 0.25) is 5.91 Å². The zero-order valence-corrected chi connectivity index (χ0v) is 15.2. The van der Waals surface area contributed by atoms with Gasteiger partial charge in [-0.15, -0.1) is 0 Å². The maximum absolute atomic E-state index is 13.9. The molecule has 7 nitrogen and oxygen atoms in total. The van der Waals surface area contributed by atoms with Crippen molar-refractivity contribution in [3.8, 4) is 5.75 Å². The van der Waals surface area contributed by atoms with Gasteiger partial charge in [-0.2, -0.15) is 0 Å². The molecule has 0 saturated carbocycles. The predicted octanol–water partition coefficient (Wildman–Crippen LogP) is 2.37. The number of halogens is 1. The molecule has 2 aromatic carbocycles. The number of anilines is 2. The van der Waals surface area contributed by atoms with E-state index in [0.717, 1.165) is 0 Å². The summed E-state index contributed by atoms with van der Waals surface area (Å²) in [5, 5.41) is 2.59. The number of nitrogens with zero attached hydrogens (tertiary/aromatic N) is 1. The fourth-order valence-corrected chi connectivity index (χ4v) is 2.92. The largest absolute Gasteiger partial charge is 0.497 e. The van der Waals surface area contributed by atoms with Gasteiger partial charge in [0.05, 0.1) is 18.7 Å². The Labute approximate surface area is 161 Å². The lowest BCUT2D eigenvalue weighted by atomic mass is 10.1. The van der Waals surface area contributed by atoms with Crippen molar-refractivity contribution < 1.29 is 28.2 Å². The SMILES string of the molecule is COc1cccc(NC(=O)COC(=O)[C@@H]2CC(=O)N(c3ccccc3F)C2)c1. The average Bonchev–Trinajstić information content (AvgIpc) is 3.08. The minimum atomic E-state index is -0.753. The van der Waals surface area contributed by atoms with Crippen molar-refractivity contribution in [2.75, 3.05) is 30.5 Å². The maximum Gasteiger partial charge on any atom is 0.311 e. The molecule has 1 fully saturated rings. The zero-order valence-electron chi connectivity index (χ0n) is 15.2. The third-order valence-corrected chi connectivity index (χ3v) is 4.30. The molecule has 0 radical (unpaired) electrons. The van der Waals surface area contributed by atoms with Gasteiger partial charge in [-0.25, -0.2) is 4.39 Å². The summed E-state index contributed by atoms with van der Waals surface area (Å²) in [5.74, 6) is -2.27. The van der Waals surface area contributed by atoms with Gasteiger partial charge in [-0.1, -0.05) is 18.2 Å². The zero-order chi connectivity index (χ0) is 20.1. The Morgan fingerprint density at radius 2 is 2.00 bits per heavy atom. The second-order valence-corrected chi connectivity index (χ2v) is 6.24. The molecule has 1 N–H and O–H groups in total. The molecule has 3 rings (SSSR count). The number of nitrogens with one attached hydrogen (secondary N) is 1. The summed E-state index contributed by atoms with van der Waals surface area (Å²) in [5.41, 5.74) is 0.626. The molecule has 1 atom stereocenters. The first-order valence-electron chi connectivity index (χ1n) is 8.63. The maximum atomic E-state index is 13.9. The Morgan fingerprint density at radius 3 is 2.75 bits per heavy atom. The van der Waals surface area contributed by atoms with Gasteiger partial charge in [0.25, 0.3) is 5.91 Å². The molecule has 1 saturated heterocycles. The van der Waals surface area contributed by atoms with Crippen molar-refractivity contribution in [2.24, 2.45) is 5.92 Å². The highest BCUT2D eigenvalue weighted by Crippen LogP contribution is 2.27. The van der Waals surface area contributed by atoms with Gasteiger partial charge in [-0.3, -0.25) is 14.4 Å². The quantitative estimate of drug-likeness (QED) is 0.771. The molecular formula is C20H19FN2O5. The monoisotopic (exact) mass is 386 g/mol. The van der Waals surface area contributed by atoms with Gasteiger partial charge < -0.3 is 19.7 Å². The molecule has 0 bridgehead atoms. The van der Waals surface area contributed by atoms with Crippen LogP contribution in [0, 0.1) is 11.7 Å². The van der Waals surface area contributed by atoms with Crippen molar-refractivity contribution in [3.63, 3.8) is 0 Å².